The van der Waals surface area contributed by atoms with E-state index in [1.807, 2.05) is 30.3 Å². The highest BCUT2D eigenvalue weighted by atomic mass is 35.5. The quantitative estimate of drug-likeness (QED) is 0.134. The Balaban J connectivity index is 1.04. The van der Waals surface area contributed by atoms with E-state index in [4.69, 9.17) is 21.3 Å². The van der Waals surface area contributed by atoms with E-state index < -0.39 is 26.5 Å². The molecule has 5 aliphatic rings. The Morgan fingerprint density at radius 3 is 2.53 bits per heavy atom. The molecular formula is C47H54ClN7O6S. The van der Waals surface area contributed by atoms with Gasteiger partial charge in [0.15, 0.2) is 0 Å². The summed E-state index contributed by atoms with van der Waals surface area (Å²) >= 11 is 6.26. The van der Waals surface area contributed by atoms with Crippen molar-refractivity contribution in [3.05, 3.63) is 116 Å². The maximum Gasteiger partial charge on any atom is 0.293 e. The number of nitro benzene ring substituents is 1. The average Bonchev–Trinajstić information content (AvgIpc) is 3.49. The maximum absolute atomic E-state index is 14.2. The van der Waals surface area contributed by atoms with Crippen molar-refractivity contribution in [2.45, 2.75) is 63.7 Å². The number of anilines is 2. The van der Waals surface area contributed by atoms with E-state index in [1.54, 1.807) is 18.5 Å². The molecular weight excluding hydrogens is 826 g/mol. The zero-order valence-corrected chi connectivity index (χ0v) is 36.9. The van der Waals surface area contributed by atoms with Gasteiger partial charge in [-0.25, -0.2) is 13.1 Å². The van der Waals surface area contributed by atoms with Gasteiger partial charge in [-0.1, -0.05) is 43.2 Å². The highest BCUT2D eigenvalue weighted by Gasteiger charge is 2.31. The van der Waals surface area contributed by atoms with Gasteiger partial charge in [0.2, 0.25) is 0 Å². The Hall–Kier alpha value is -5.15. The van der Waals surface area contributed by atoms with Crippen molar-refractivity contribution in [1.82, 2.24) is 9.62 Å². The zero-order chi connectivity index (χ0) is 43.4. The molecule has 0 radical (unpaired) electrons. The lowest BCUT2D eigenvalue weighted by molar-refractivity contribution is -0.384. The third-order valence-electron chi connectivity index (χ3n) is 12.7. The minimum Gasteiger partial charge on any atom is -0.381 e. The van der Waals surface area contributed by atoms with Gasteiger partial charge in [0, 0.05) is 87.6 Å². The molecule has 2 fully saturated rings. The lowest BCUT2D eigenvalue weighted by Gasteiger charge is -2.39. The normalized spacial score (nSPS) is 19.8. The summed E-state index contributed by atoms with van der Waals surface area (Å²) in [5.41, 5.74) is 8.27. The molecule has 0 spiro atoms. The van der Waals surface area contributed by atoms with Gasteiger partial charge in [0.1, 0.15) is 5.69 Å². The van der Waals surface area contributed by atoms with Crippen LogP contribution in [0.25, 0.3) is 11.1 Å². The van der Waals surface area contributed by atoms with E-state index in [0.29, 0.717) is 31.9 Å². The number of carbonyl (C=O) groups excluding carboxylic acids is 1. The molecule has 3 aromatic carbocycles. The number of fused-ring (bicyclic) bond motifs is 1. The number of benzene rings is 3. The predicted molar refractivity (Wildman–Crippen MR) is 247 cm³/mol. The summed E-state index contributed by atoms with van der Waals surface area (Å²) in [5.74, 6) is -0.563. The Labute approximate surface area is 368 Å². The van der Waals surface area contributed by atoms with Gasteiger partial charge in [-0.15, -0.1) is 0 Å². The fourth-order valence-electron chi connectivity index (χ4n) is 9.12. The summed E-state index contributed by atoms with van der Waals surface area (Å²) in [6.07, 6.45) is 11.7. The van der Waals surface area contributed by atoms with Crippen molar-refractivity contribution >= 4 is 67.7 Å². The van der Waals surface area contributed by atoms with E-state index in [0.717, 1.165) is 111 Å². The topological polar surface area (TPSA) is 159 Å². The maximum atomic E-state index is 14.2. The molecule has 0 atom stereocenters. The van der Waals surface area contributed by atoms with E-state index in [1.165, 1.54) is 28.8 Å². The molecule has 1 amide bonds. The molecule has 3 aromatic rings. The number of hydrogen-bond acceptors (Lipinski definition) is 11. The molecule has 15 heteroatoms. The smallest absolute Gasteiger partial charge is 0.293 e. The van der Waals surface area contributed by atoms with Gasteiger partial charge in [-0.05, 0) is 133 Å². The Bertz CT molecular complexity index is 2480. The number of nitrogens with zero attached hydrogens (tertiary/aromatic N) is 5. The monoisotopic (exact) mass is 879 g/mol. The number of hydrogen-bond donors (Lipinski definition) is 2. The molecule has 4 heterocycles. The van der Waals surface area contributed by atoms with Crippen LogP contribution in [-0.4, -0.2) is 95.1 Å². The number of nitro groups is 1. The lowest BCUT2D eigenvalue weighted by atomic mass is 9.72. The van der Waals surface area contributed by atoms with Crippen LogP contribution in [0.2, 0.25) is 5.02 Å². The number of nitrogens with one attached hydrogen (secondary N) is 2. The van der Waals surface area contributed by atoms with Crippen LogP contribution in [0, 0.1) is 21.4 Å². The standard InChI is InChI=1S/C47H54ClN7O6S/c1-47(2)17-13-34(42(28-47)33-5-7-35(48)8-6-33)31-53-20-22-54(23-21-53)36-9-11-40(41(26-36)38-14-19-49-30-44-39(38)4-3-18-50-44)46(56)52-62(59,60)37-10-12-43(45(27-37)55(57)58)51-29-32-15-24-61-25-16-32/h5-12,14,19,26-27,30,32,51H,3-4,13,15-18,20-25,28-29,31H2,1-2H3,(H,52,56). The minimum absolute atomic E-state index is 0.154. The second-order valence-electron chi connectivity index (χ2n) is 17.6. The highest BCUT2D eigenvalue weighted by molar-refractivity contribution is 7.90. The van der Waals surface area contributed by atoms with Crippen LogP contribution < -0.4 is 14.9 Å². The van der Waals surface area contributed by atoms with Crippen molar-refractivity contribution in [3.8, 4) is 0 Å². The van der Waals surface area contributed by atoms with E-state index in [9.17, 15) is 23.3 Å². The van der Waals surface area contributed by atoms with E-state index in [2.05, 4.69) is 50.8 Å². The van der Waals surface area contributed by atoms with Crippen LogP contribution in [0.5, 0.6) is 0 Å². The lowest BCUT2D eigenvalue weighted by Crippen LogP contribution is -2.47. The van der Waals surface area contributed by atoms with Gasteiger partial charge in [-0.2, -0.15) is 0 Å². The Morgan fingerprint density at radius 1 is 1.00 bits per heavy atom. The second kappa shape index (κ2) is 18.7. The summed E-state index contributed by atoms with van der Waals surface area (Å²) in [6.45, 7) is 11.3. The van der Waals surface area contributed by atoms with Crippen LogP contribution in [0.3, 0.4) is 0 Å². The van der Waals surface area contributed by atoms with Gasteiger partial charge in [0.05, 0.1) is 21.7 Å². The average molecular weight is 881 g/mol. The summed E-state index contributed by atoms with van der Waals surface area (Å²) in [6, 6.07) is 17.4. The zero-order valence-electron chi connectivity index (χ0n) is 35.4. The van der Waals surface area contributed by atoms with Gasteiger partial charge in [0.25, 0.3) is 21.6 Å². The first-order valence-electron chi connectivity index (χ1n) is 21.6. The van der Waals surface area contributed by atoms with Crippen molar-refractivity contribution in [2.24, 2.45) is 21.3 Å². The first kappa shape index (κ1) is 43.5. The van der Waals surface area contributed by atoms with Gasteiger partial charge < -0.3 is 15.0 Å². The molecule has 1 aliphatic carbocycles. The Kier molecular flexibility index (Phi) is 13.1. The van der Waals surface area contributed by atoms with E-state index >= 15 is 0 Å². The Morgan fingerprint density at radius 2 is 1.77 bits per heavy atom. The predicted octanol–water partition coefficient (Wildman–Crippen LogP) is 8.58. The largest absolute Gasteiger partial charge is 0.381 e. The molecule has 0 unspecified atom stereocenters. The number of halogens is 1. The van der Waals surface area contributed by atoms with Crippen LogP contribution >= 0.6 is 11.6 Å². The number of ether oxygens (including phenoxy) is 1. The molecule has 4 aliphatic heterocycles. The van der Waals surface area contributed by atoms with Gasteiger partial charge >= 0.3 is 0 Å². The van der Waals surface area contributed by atoms with Crippen LogP contribution in [-0.2, 0) is 14.8 Å². The molecule has 13 nitrogen and oxygen atoms in total. The van der Waals surface area contributed by atoms with Crippen molar-refractivity contribution in [3.63, 3.8) is 0 Å². The first-order valence-corrected chi connectivity index (χ1v) is 23.4. The van der Waals surface area contributed by atoms with Gasteiger partial charge in [-0.3, -0.25) is 29.8 Å². The molecule has 2 saturated heterocycles. The SMILES string of the molecule is CC1(C)CCC(CN2CCN(c3ccc(C(=O)NS(=O)(=O)c4ccc(NCC5CCOCC5)c([N+](=O)[O-])c4)c(C4=C5CCCN=C5C=NC=C4)c3)CC2)=C(c2ccc(Cl)cc2)C1. The fourth-order valence-corrected chi connectivity index (χ4v) is 10.2. The van der Waals surface area contributed by atoms with Crippen LogP contribution in [0.1, 0.15) is 80.3 Å². The molecule has 0 saturated carbocycles. The molecule has 326 valence electrons. The molecule has 0 aromatic heterocycles. The number of carbonyl (C=O) groups is 1. The molecule has 62 heavy (non-hydrogen) atoms. The number of rotatable bonds is 12. The third kappa shape index (κ3) is 10.0. The van der Waals surface area contributed by atoms with Crippen LogP contribution in [0.4, 0.5) is 17.1 Å². The highest BCUT2D eigenvalue weighted by Crippen LogP contribution is 2.43. The number of allylic oxidation sites excluding steroid dienone is 4. The summed E-state index contributed by atoms with van der Waals surface area (Å²) < 4.78 is 35.3. The third-order valence-corrected chi connectivity index (χ3v) is 14.3. The molecule has 8 rings (SSSR count). The van der Waals surface area contributed by atoms with Crippen molar-refractivity contribution in [1.29, 1.82) is 0 Å². The van der Waals surface area contributed by atoms with Crippen molar-refractivity contribution in [2.75, 3.05) is 69.2 Å². The molecule has 2 N–H and O–H groups in total. The fraction of sp³-hybridized carbons (Fsp3) is 0.426. The number of piperazine rings is 1. The molecule has 0 bridgehead atoms. The van der Waals surface area contributed by atoms with Crippen LogP contribution in [0.15, 0.2) is 99.0 Å². The number of amides is 1. The number of aliphatic imine (C=N–C) groups is 2. The summed E-state index contributed by atoms with van der Waals surface area (Å²) in [5, 5.41) is 16.0. The number of sulfonamides is 1. The van der Waals surface area contributed by atoms with E-state index in [-0.39, 0.29) is 27.5 Å². The minimum atomic E-state index is -4.53. The first-order chi connectivity index (χ1) is 29.8. The second-order valence-corrected chi connectivity index (χ2v) is 19.7. The van der Waals surface area contributed by atoms with Crippen molar-refractivity contribution < 1.29 is 22.9 Å². The summed E-state index contributed by atoms with van der Waals surface area (Å²) in [7, 11) is -4.53. The summed E-state index contributed by atoms with van der Waals surface area (Å²) in [4.78, 5) is 39.3.